The number of nitrogens with two attached hydrogens (primary N) is 1. The van der Waals surface area contributed by atoms with Gasteiger partial charge in [-0.1, -0.05) is 0 Å². The number of aryl methyl sites for hydroxylation is 1. The molecule has 1 aromatic carbocycles. The zero-order chi connectivity index (χ0) is 14.5. The number of carbonyl (C=O) groups excluding carboxylic acids is 1. The van der Waals surface area contributed by atoms with Gasteiger partial charge in [-0.2, -0.15) is 5.10 Å². The van der Waals surface area contributed by atoms with Crippen LogP contribution in [0.25, 0.3) is 0 Å². The smallest absolute Gasteiger partial charge is 0.225 e. The maximum absolute atomic E-state index is 13.0. The van der Waals surface area contributed by atoms with E-state index in [1.807, 2.05) is 13.2 Å². The van der Waals surface area contributed by atoms with E-state index in [0.717, 1.165) is 4.90 Å². The molecule has 0 radical (unpaired) electrons. The Morgan fingerprint density at radius 2 is 2.35 bits per heavy atom. The van der Waals surface area contributed by atoms with Crippen LogP contribution in [-0.2, 0) is 11.8 Å². The monoisotopic (exact) mass is 294 g/mol. The van der Waals surface area contributed by atoms with Crippen LogP contribution >= 0.6 is 11.8 Å². The van der Waals surface area contributed by atoms with Gasteiger partial charge in [0.2, 0.25) is 5.91 Å². The van der Waals surface area contributed by atoms with Crippen molar-refractivity contribution in [3.05, 3.63) is 36.4 Å². The van der Waals surface area contributed by atoms with Crippen LogP contribution in [0.2, 0.25) is 0 Å². The van der Waals surface area contributed by atoms with E-state index in [2.05, 4.69) is 10.4 Å². The Kier molecular flexibility index (Phi) is 4.62. The summed E-state index contributed by atoms with van der Waals surface area (Å²) < 4.78 is 14.7. The molecular weight excluding hydrogens is 279 g/mol. The lowest BCUT2D eigenvalue weighted by Crippen LogP contribution is -2.12. The summed E-state index contributed by atoms with van der Waals surface area (Å²) >= 11 is 1.56. The topological polar surface area (TPSA) is 72.9 Å². The molecule has 0 saturated carbocycles. The number of halogens is 1. The number of amides is 1. The molecule has 106 valence electrons. The van der Waals surface area contributed by atoms with Gasteiger partial charge in [0.1, 0.15) is 5.82 Å². The molecule has 0 bridgehead atoms. The van der Waals surface area contributed by atoms with Crippen molar-refractivity contribution in [1.82, 2.24) is 9.78 Å². The summed E-state index contributed by atoms with van der Waals surface area (Å²) in [4.78, 5) is 12.7. The number of nitrogen functional groups attached to an aromatic ring is 1. The van der Waals surface area contributed by atoms with Crippen molar-refractivity contribution < 1.29 is 9.18 Å². The van der Waals surface area contributed by atoms with Crippen LogP contribution in [0.1, 0.15) is 6.42 Å². The average molecular weight is 294 g/mol. The predicted octanol–water partition coefficient (Wildman–Crippen LogP) is 2.26. The minimum absolute atomic E-state index is 0.0209. The molecule has 2 aromatic rings. The van der Waals surface area contributed by atoms with Crippen LogP contribution in [0, 0.1) is 5.82 Å². The molecule has 1 aromatic heterocycles. The molecule has 0 spiro atoms. The number of benzene rings is 1. The summed E-state index contributed by atoms with van der Waals surface area (Å²) in [6.45, 7) is 0. The minimum atomic E-state index is -0.491. The standard InChI is InChI=1S/C13H15FN4OS/c1-18-8-10(7-16-18)20-5-4-13(19)17-9-2-3-11(14)12(15)6-9/h2-3,6-8H,4-5,15H2,1H3,(H,17,19). The fourth-order valence-corrected chi connectivity index (χ4v) is 2.45. The molecular formula is C13H15FN4OS. The second-order valence-electron chi connectivity index (χ2n) is 4.23. The van der Waals surface area contributed by atoms with Crippen molar-refractivity contribution >= 4 is 29.0 Å². The molecule has 0 unspecified atom stereocenters. The van der Waals surface area contributed by atoms with Crippen molar-refractivity contribution in [3.8, 4) is 0 Å². The largest absolute Gasteiger partial charge is 0.396 e. The summed E-state index contributed by atoms with van der Waals surface area (Å²) in [6.07, 6.45) is 4.00. The summed E-state index contributed by atoms with van der Waals surface area (Å²) in [7, 11) is 1.84. The Morgan fingerprint density at radius 3 is 3.00 bits per heavy atom. The van der Waals surface area contributed by atoms with Gasteiger partial charge in [-0.05, 0) is 18.2 Å². The van der Waals surface area contributed by atoms with E-state index in [9.17, 15) is 9.18 Å². The van der Waals surface area contributed by atoms with Crippen LogP contribution in [0.15, 0.2) is 35.5 Å². The summed E-state index contributed by atoms with van der Waals surface area (Å²) in [5, 5.41) is 6.73. The lowest BCUT2D eigenvalue weighted by atomic mass is 10.2. The number of rotatable bonds is 5. The zero-order valence-electron chi connectivity index (χ0n) is 11.0. The third kappa shape index (κ3) is 3.99. The molecule has 0 aliphatic rings. The minimum Gasteiger partial charge on any atom is -0.396 e. The fourth-order valence-electron chi connectivity index (χ4n) is 1.58. The van der Waals surface area contributed by atoms with E-state index < -0.39 is 5.82 Å². The van der Waals surface area contributed by atoms with Gasteiger partial charge in [0.15, 0.2) is 0 Å². The molecule has 2 rings (SSSR count). The van der Waals surface area contributed by atoms with E-state index in [-0.39, 0.29) is 11.6 Å². The van der Waals surface area contributed by atoms with Gasteiger partial charge in [-0.25, -0.2) is 4.39 Å². The molecule has 20 heavy (non-hydrogen) atoms. The molecule has 0 atom stereocenters. The lowest BCUT2D eigenvalue weighted by molar-refractivity contribution is -0.115. The van der Waals surface area contributed by atoms with Crippen molar-refractivity contribution in [3.63, 3.8) is 0 Å². The Bertz CT molecular complexity index is 614. The van der Waals surface area contributed by atoms with Crippen molar-refractivity contribution in [2.45, 2.75) is 11.3 Å². The van der Waals surface area contributed by atoms with E-state index in [1.165, 1.54) is 18.2 Å². The molecule has 1 amide bonds. The van der Waals surface area contributed by atoms with Crippen molar-refractivity contribution in [2.24, 2.45) is 7.05 Å². The molecule has 7 heteroatoms. The Labute approximate surface area is 120 Å². The highest BCUT2D eigenvalue weighted by Gasteiger charge is 2.05. The number of nitrogens with one attached hydrogen (secondary N) is 1. The predicted molar refractivity (Wildman–Crippen MR) is 78.0 cm³/mol. The van der Waals surface area contributed by atoms with Gasteiger partial charge in [-0.3, -0.25) is 9.48 Å². The SMILES string of the molecule is Cn1cc(SCCC(=O)Nc2ccc(F)c(N)c2)cn1. The van der Waals surface area contributed by atoms with Gasteiger partial charge >= 0.3 is 0 Å². The number of anilines is 2. The third-order valence-corrected chi connectivity index (χ3v) is 3.51. The maximum Gasteiger partial charge on any atom is 0.225 e. The van der Waals surface area contributed by atoms with Crippen LogP contribution in [0.5, 0.6) is 0 Å². The van der Waals surface area contributed by atoms with Gasteiger partial charge in [0.05, 0.1) is 11.9 Å². The molecule has 0 saturated heterocycles. The van der Waals surface area contributed by atoms with Gasteiger partial charge in [0.25, 0.3) is 0 Å². The molecule has 5 nitrogen and oxygen atoms in total. The summed E-state index contributed by atoms with van der Waals surface area (Å²) in [5.74, 6) is 0.0244. The molecule has 1 heterocycles. The molecule has 0 fully saturated rings. The third-order valence-electron chi connectivity index (χ3n) is 2.56. The number of carbonyl (C=O) groups is 1. The first-order valence-corrected chi connectivity index (χ1v) is 6.99. The normalized spacial score (nSPS) is 10.5. The van der Waals surface area contributed by atoms with E-state index in [0.29, 0.717) is 17.9 Å². The van der Waals surface area contributed by atoms with Gasteiger partial charge < -0.3 is 11.1 Å². The summed E-state index contributed by atoms with van der Waals surface area (Å²) in [5.41, 5.74) is 5.96. The second-order valence-corrected chi connectivity index (χ2v) is 5.40. The fraction of sp³-hybridized carbons (Fsp3) is 0.231. The van der Waals surface area contributed by atoms with E-state index in [4.69, 9.17) is 5.73 Å². The average Bonchev–Trinajstić information content (AvgIpc) is 2.80. The number of thioether (sulfide) groups is 1. The van der Waals surface area contributed by atoms with E-state index >= 15 is 0 Å². The highest BCUT2D eigenvalue weighted by atomic mass is 32.2. The number of aromatic nitrogens is 2. The summed E-state index contributed by atoms with van der Waals surface area (Å²) in [6, 6.07) is 4.12. The Morgan fingerprint density at radius 1 is 1.55 bits per heavy atom. The first-order valence-electron chi connectivity index (χ1n) is 6.01. The van der Waals surface area contributed by atoms with Crippen LogP contribution in [-0.4, -0.2) is 21.4 Å². The zero-order valence-corrected chi connectivity index (χ0v) is 11.8. The number of nitrogens with zero attached hydrogens (tertiary/aromatic N) is 2. The molecule has 0 aliphatic carbocycles. The Hall–Kier alpha value is -2.02. The Balaban J connectivity index is 1.79. The first-order chi connectivity index (χ1) is 9.54. The molecule has 0 aliphatic heterocycles. The van der Waals surface area contributed by atoms with Crippen molar-refractivity contribution in [1.29, 1.82) is 0 Å². The first kappa shape index (κ1) is 14.4. The van der Waals surface area contributed by atoms with Gasteiger partial charge in [-0.15, -0.1) is 11.8 Å². The van der Waals surface area contributed by atoms with Crippen molar-refractivity contribution in [2.75, 3.05) is 16.8 Å². The molecule has 3 N–H and O–H groups in total. The van der Waals surface area contributed by atoms with Crippen LogP contribution in [0.3, 0.4) is 0 Å². The quantitative estimate of drug-likeness (QED) is 0.655. The highest BCUT2D eigenvalue weighted by Crippen LogP contribution is 2.19. The lowest BCUT2D eigenvalue weighted by Gasteiger charge is -2.06. The number of hydrogen-bond donors (Lipinski definition) is 2. The number of hydrogen-bond acceptors (Lipinski definition) is 4. The highest BCUT2D eigenvalue weighted by molar-refractivity contribution is 7.99. The van der Waals surface area contributed by atoms with Crippen LogP contribution in [0.4, 0.5) is 15.8 Å². The second kappa shape index (κ2) is 6.42. The van der Waals surface area contributed by atoms with E-state index in [1.54, 1.807) is 22.6 Å². The maximum atomic E-state index is 13.0. The van der Waals surface area contributed by atoms with Gasteiger partial charge in [0, 0.05) is 36.0 Å². The van der Waals surface area contributed by atoms with Crippen LogP contribution < -0.4 is 11.1 Å².